The van der Waals surface area contributed by atoms with Gasteiger partial charge in [-0.2, -0.15) is 13.2 Å². The molecule has 0 fully saturated rings. The molecule has 0 bridgehead atoms. The predicted molar refractivity (Wildman–Crippen MR) is 109 cm³/mol. The van der Waals surface area contributed by atoms with Crippen molar-refractivity contribution in [2.45, 2.75) is 39.2 Å². The first-order valence-electron chi connectivity index (χ1n) is 9.28. The van der Waals surface area contributed by atoms with Crippen LogP contribution >= 0.6 is 0 Å². The van der Waals surface area contributed by atoms with Crippen LogP contribution in [0, 0.1) is 0 Å². The molecule has 0 spiro atoms. The molecule has 0 saturated carbocycles. The van der Waals surface area contributed by atoms with Crippen LogP contribution in [-0.2, 0) is 17.5 Å². The molecule has 0 atom stereocenters. The van der Waals surface area contributed by atoms with Crippen molar-refractivity contribution in [1.82, 2.24) is 0 Å². The summed E-state index contributed by atoms with van der Waals surface area (Å²) in [5.74, 6) is 0.413. The maximum atomic E-state index is 13.7. The number of benzene rings is 2. The molecule has 0 unspecified atom stereocenters. The Kier molecular flexibility index (Phi) is 7.20. The lowest BCUT2D eigenvalue weighted by atomic mass is 10.1. The van der Waals surface area contributed by atoms with Crippen molar-refractivity contribution in [3.05, 3.63) is 53.1 Å². The van der Waals surface area contributed by atoms with E-state index in [0.717, 1.165) is 11.0 Å². The maximum Gasteiger partial charge on any atom is 0.416 e. The van der Waals surface area contributed by atoms with Crippen LogP contribution in [0.4, 0.5) is 23.7 Å². The summed E-state index contributed by atoms with van der Waals surface area (Å²) < 4.78 is 56.9. The molecule has 0 aliphatic rings. The molecule has 0 heterocycles. The molecule has 2 rings (SSSR count). The van der Waals surface area contributed by atoms with Crippen LogP contribution in [0.2, 0.25) is 0 Å². The van der Waals surface area contributed by atoms with E-state index in [0.29, 0.717) is 11.8 Å². The number of halogens is 3. The molecule has 168 valence electrons. The minimum absolute atomic E-state index is 0.0261. The first-order valence-corrected chi connectivity index (χ1v) is 9.28. The molecular weight excluding hydrogens is 415 g/mol. The van der Waals surface area contributed by atoms with Gasteiger partial charge in [-0.3, -0.25) is 9.69 Å². The maximum absolute atomic E-state index is 13.7. The van der Waals surface area contributed by atoms with E-state index in [9.17, 15) is 22.8 Å². The monoisotopic (exact) mass is 439 g/mol. The van der Waals surface area contributed by atoms with Crippen molar-refractivity contribution < 1.29 is 37.0 Å². The Morgan fingerprint density at radius 2 is 1.74 bits per heavy atom. The summed E-state index contributed by atoms with van der Waals surface area (Å²) >= 11 is 0. The molecule has 9 heteroatoms. The summed E-state index contributed by atoms with van der Waals surface area (Å²) in [4.78, 5) is 24.1. The number of hydrogen-bond acceptors (Lipinski definition) is 5. The minimum atomic E-state index is -4.67. The fraction of sp³-hybridized carbons (Fsp3) is 0.364. The van der Waals surface area contributed by atoms with Crippen LogP contribution in [0.1, 0.15) is 42.3 Å². The number of ether oxygens (including phenoxy) is 3. The number of amides is 1. The summed E-state index contributed by atoms with van der Waals surface area (Å²) in [6.45, 7) is 4.59. The van der Waals surface area contributed by atoms with Gasteiger partial charge >= 0.3 is 12.3 Å². The van der Waals surface area contributed by atoms with Gasteiger partial charge in [0.05, 0.1) is 12.7 Å². The molecule has 2 aromatic rings. The van der Waals surface area contributed by atoms with Gasteiger partial charge in [-0.1, -0.05) is 6.07 Å². The fourth-order valence-corrected chi connectivity index (χ4v) is 2.63. The first kappa shape index (κ1) is 24.0. The highest BCUT2D eigenvalue weighted by molar-refractivity contribution is 5.87. The molecular formula is C22H24F3NO5. The Hall–Kier alpha value is -3.23. The van der Waals surface area contributed by atoms with Crippen molar-refractivity contribution in [3.63, 3.8) is 0 Å². The van der Waals surface area contributed by atoms with Gasteiger partial charge in [0.15, 0.2) is 11.5 Å². The lowest BCUT2D eigenvalue weighted by Crippen LogP contribution is -2.34. The number of hydrogen-bond donors (Lipinski definition) is 0. The smallest absolute Gasteiger partial charge is 0.416 e. The van der Waals surface area contributed by atoms with Crippen molar-refractivity contribution in [2.75, 3.05) is 19.1 Å². The van der Waals surface area contributed by atoms with Gasteiger partial charge in [-0.05, 0) is 51.1 Å². The first-order chi connectivity index (χ1) is 14.4. The van der Waals surface area contributed by atoms with Crippen LogP contribution in [-0.4, -0.2) is 32.1 Å². The van der Waals surface area contributed by atoms with E-state index in [1.165, 1.54) is 44.5 Å². The van der Waals surface area contributed by atoms with Crippen molar-refractivity contribution in [2.24, 2.45) is 0 Å². The second-order valence-electron chi connectivity index (χ2n) is 7.70. The lowest BCUT2D eigenvalue weighted by Gasteiger charge is -2.25. The number of anilines is 1. The van der Waals surface area contributed by atoms with E-state index < -0.39 is 30.0 Å². The Balaban J connectivity index is 2.31. The Labute approximate surface area is 178 Å². The quantitative estimate of drug-likeness (QED) is 0.558. The third-order valence-electron chi connectivity index (χ3n) is 4.16. The summed E-state index contributed by atoms with van der Waals surface area (Å²) in [7, 11) is 2.69. The topological polar surface area (TPSA) is 65.1 Å². The molecule has 0 aliphatic heterocycles. The molecule has 31 heavy (non-hydrogen) atoms. The van der Waals surface area contributed by atoms with Gasteiger partial charge in [-0.25, -0.2) is 4.79 Å². The van der Waals surface area contributed by atoms with Crippen molar-refractivity contribution >= 4 is 18.1 Å². The number of carbonyl (C=O) groups is 2. The predicted octanol–water partition coefficient (Wildman–Crippen LogP) is 5.48. The Morgan fingerprint density at radius 1 is 1.06 bits per heavy atom. The van der Waals surface area contributed by atoms with Gasteiger partial charge in [0.2, 0.25) is 0 Å². The van der Waals surface area contributed by atoms with E-state index in [2.05, 4.69) is 0 Å². The van der Waals surface area contributed by atoms with E-state index in [1.54, 1.807) is 20.8 Å². The highest BCUT2D eigenvalue weighted by atomic mass is 19.4. The van der Waals surface area contributed by atoms with Crippen molar-refractivity contribution in [1.29, 1.82) is 0 Å². The zero-order valence-electron chi connectivity index (χ0n) is 17.9. The third-order valence-corrected chi connectivity index (χ3v) is 4.16. The second-order valence-corrected chi connectivity index (χ2v) is 7.70. The molecule has 2 aromatic carbocycles. The van der Waals surface area contributed by atoms with Gasteiger partial charge in [0.25, 0.3) is 0 Å². The molecule has 0 aliphatic carbocycles. The fourth-order valence-electron chi connectivity index (χ4n) is 2.63. The highest BCUT2D eigenvalue weighted by Crippen LogP contribution is 2.36. The zero-order chi connectivity index (χ0) is 23.4. The minimum Gasteiger partial charge on any atom is -0.493 e. The number of nitrogens with zero attached hydrogens (tertiary/aromatic N) is 1. The normalized spacial score (nSPS) is 11.6. The Morgan fingerprint density at radius 3 is 2.29 bits per heavy atom. The van der Waals surface area contributed by atoms with Gasteiger partial charge in [0, 0.05) is 23.9 Å². The largest absolute Gasteiger partial charge is 0.493 e. The SMILES string of the molecule is COc1cc(C=O)ccc1OCc1ccc(N(C)C(=O)OC(C)(C)C)cc1C(F)(F)F. The third kappa shape index (κ3) is 6.37. The van der Waals surface area contributed by atoms with Gasteiger partial charge in [0.1, 0.15) is 18.5 Å². The van der Waals surface area contributed by atoms with Crippen molar-refractivity contribution in [3.8, 4) is 11.5 Å². The Bertz CT molecular complexity index is 951. The van der Waals surface area contributed by atoms with E-state index in [1.807, 2.05) is 0 Å². The summed E-state index contributed by atoms with van der Waals surface area (Å²) in [5, 5.41) is 0. The molecule has 6 nitrogen and oxygen atoms in total. The standard InChI is InChI=1S/C22H24F3NO5/c1-21(2,3)31-20(28)26(4)16-8-7-15(17(11-16)22(23,24)25)13-30-18-9-6-14(12-27)10-19(18)29-5/h6-12H,13H2,1-5H3. The number of methoxy groups -OCH3 is 1. The van der Waals surface area contributed by atoms with E-state index >= 15 is 0 Å². The molecule has 0 saturated heterocycles. The lowest BCUT2D eigenvalue weighted by molar-refractivity contribution is -0.138. The van der Waals surface area contributed by atoms with Crippen LogP contribution < -0.4 is 14.4 Å². The molecule has 0 N–H and O–H groups in total. The molecule has 0 aromatic heterocycles. The number of aldehydes is 1. The van der Waals surface area contributed by atoms with E-state index in [-0.39, 0.29) is 22.7 Å². The summed E-state index contributed by atoms with van der Waals surface area (Å²) in [6, 6.07) is 7.83. The van der Waals surface area contributed by atoms with Gasteiger partial charge in [-0.15, -0.1) is 0 Å². The van der Waals surface area contributed by atoms with Crippen LogP contribution in [0.25, 0.3) is 0 Å². The zero-order valence-corrected chi connectivity index (χ0v) is 17.9. The summed E-state index contributed by atoms with van der Waals surface area (Å²) in [5.41, 5.74) is -1.49. The molecule has 1 amide bonds. The highest BCUT2D eigenvalue weighted by Gasteiger charge is 2.34. The number of alkyl halides is 3. The number of rotatable bonds is 6. The van der Waals surface area contributed by atoms with E-state index in [4.69, 9.17) is 14.2 Å². The average molecular weight is 439 g/mol. The number of carbonyl (C=O) groups excluding carboxylic acids is 2. The van der Waals surface area contributed by atoms with Gasteiger partial charge < -0.3 is 14.2 Å². The second kappa shape index (κ2) is 9.28. The van der Waals surface area contributed by atoms with Crippen LogP contribution in [0.3, 0.4) is 0 Å². The van der Waals surface area contributed by atoms with Crippen LogP contribution in [0.15, 0.2) is 36.4 Å². The average Bonchev–Trinajstić information content (AvgIpc) is 2.69. The summed E-state index contributed by atoms with van der Waals surface area (Å²) in [6.07, 6.45) is -4.83. The van der Waals surface area contributed by atoms with Crippen LogP contribution in [0.5, 0.6) is 11.5 Å². The molecule has 0 radical (unpaired) electrons.